The first kappa shape index (κ1) is 20.9. The third-order valence-electron chi connectivity index (χ3n) is 4.25. The number of halogens is 3. The summed E-state index contributed by atoms with van der Waals surface area (Å²) in [6.45, 7) is 0.131. The average Bonchev–Trinajstić information content (AvgIpc) is 2.66. The van der Waals surface area contributed by atoms with Gasteiger partial charge >= 0.3 is 21.7 Å². The maximum Gasteiger partial charge on any atom is 0.534 e. The van der Waals surface area contributed by atoms with Crippen LogP contribution >= 0.6 is 0 Å². The van der Waals surface area contributed by atoms with Crippen LogP contribution in [-0.2, 0) is 34.3 Å². The lowest BCUT2D eigenvalue weighted by Crippen LogP contribution is -2.39. The molecule has 0 spiro atoms. The molecule has 0 radical (unpaired) electrons. The summed E-state index contributed by atoms with van der Waals surface area (Å²) in [5.74, 6) is -0.644. The maximum absolute atomic E-state index is 12.4. The van der Waals surface area contributed by atoms with Crippen LogP contribution in [0.5, 0.6) is 5.88 Å². The number of hydrogen-bond donors (Lipinski definition) is 1. The molecule has 11 heteroatoms. The van der Waals surface area contributed by atoms with Gasteiger partial charge in [0, 0.05) is 17.8 Å². The van der Waals surface area contributed by atoms with E-state index in [0.717, 1.165) is 11.6 Å². The highest BCUT2D eigenvalue weighted by Crippen LogP contribution is 2.28. The number of aryl methyl sites for hydroxylation is 1. The molecule has 1 amide bonds. The molecule has 7 nitrogen and oxygen atoms in total. The Hall–Kier alpha value is -2.82. The Balaban J connectivity index is 1.56. The smallest absolute Gasteiger partial charge is 0.445 e. The summed E-state index contributed by atoms with van der Waals surface area (Å²) in [6.07, 6.45) is 0.610. The van der Waals surface area contributed by atoms with Gasteiger partial charge < -0.3 is 14.2 Å². The fourth-order valence-corrected chi connectivity index (χ4v) is 3.26. The van der Waals surface area contributed by atoms with Crippen molar-refractivity contribution in [1.82, 2.24) is 10.3 Å². The highest BCUT2D eigenvalue weighted by Gasteiger charge is 2.48. The highest BCUT2D eigenvalue weighted by molar-refractivity contribution is 7.87. The van der Waals surface area contributed by atoms with Crippen molar-refractivity contribution in [3.63, 3.8) is 0 Å². The van der Waals surface area contributed by atoms with Gasteiger partial charge in [0.05, 0.1) is 0 Å². The molecule has 29 heavy (non-hydrogen) atoms. The molecule has 0 aliphatic heterocycles. The van der Waals surface area contributed by atoms with E-state index < -0.39 is 27.6 Å². The minimum atomic E-state index is -5.77. The average molecular weight is 430 g/mol. The van der Waals surface area contributed by atoms with Gasteiger partial charge in [0.2, 0.25) is 5.88 Å². The predicted octanol–water partition coefficient (Wildman–Crippen LogP) is 3.09. The van der Waals surface area contributed by atoms with E-state index in [2.05, 4.69) is 14.5 Å². The Morgan fingerprint density at radius 3 is 2.59 bits per heavy atom. The molecule has 0 saturated carbocycles. The number of ether oxygens (including phenoxy) is 1. The van der Waals surface area contributed by atoms with Crippen LogP contribution < -0.4 is 9.50 Å². The van der Waals surface area contributed by atoms with E-state index in [-0.39, 0.29) is 12.6 Å². The van der Waals surface area contributed by atoms with Crippen LogP contribution in [0.4, 0.5) is 18.0 Å². The predicted molar refractivity (Wildman–Crippen MR) is 95.4 cm³/mol. The summed E-state index contributed by atoms with van der Waals surface area (Å²) < 4.78 is 68.6. The lowest BCUT2D eigenvalue weighted by Gasteiger charge is -2.24. The van der Waals surface area contributed by atoms with E-state index in [1.807, 2.05) is 30.3 Å². The number of aromatic nitrogens is 1. The highest BCUT2D eigenvalue weighted by atomic mass is 32.2. The zero-order valence-corrected chi connectivity index (χ0v) is 15.8. The fourth-order valence-electron chi connectivity index (χ4n) is 2.85. The van der Waals surface area contributed by atoms with E-state index in [4.69, 9.17) is 4.74 Å². The number of carbonyl (C=O) groups is 1. The molecule has 2 aromatic rings. The lowest BCUT2D eigenvalue weighted by atomic mass is 9.92. The number of amides is 1. The Morgan fingerprint density at radius 1 is 1.17 bits per heavy atom. The van der Waals surface area contributed by atoms with Gasteiger partial charge in [-0.3, -0.25) is 0 Å². The molecular formula is C18H17F3N2O5S. The second-order valence-electron chi connectivity index (χ2n) is 6.38. The standard InChI is InChI=1S/C18H17F3N2O5S/c19-18(20,21)29(25,26)28-16-9-6-13-10-14(7-8-15(13)23-16)22-17(24)27-11-12-4-2-1-3-5-12/h1-6,9,14H,7-8,10-11H2,(H,22,24). The molecule has 1 heterocycles. The Kier molecular flexibility index (Phi) is 5.96. The number of carbonyl (C=O) groups excluding carboxylic acids is 1. The van der Waals surface area contributed by atoms with Crippen molar-refractivity contribution in [3.05, 3.63) is 59.3 Å². The van der Waals surface area contributed by atoms with Gasteiger partial charge in [-0.2, -0.15) is 21.6 Å². The Bertz CT molecular complexity index is 981. The molecule has 1 aromatic heterocycles. The number of pyridine rings is 1. The monoisotopic (exact) mass is 430 g/mol. The molecular weight excluding hydrogens is 413 g/mol. The minimum Gasteiger partial charge on any atom is -0.445 e. The zero-order valence-electron chi connectivity index (χ0n) is 15.0. The van der Waals surface area contributed by atoms with Crippen LogP contribution in [0.1, 0.15) is 23.2 Å². The number of alkyl halides is 3. The van der Waals surface area contributed by atoms with Crippen molar-refractivity contribution in [2.45, 2.75) is 37.4 Å². The fraction of sp³-hybridized carbons (Fsp3) is 0.333. The normalized spacial score (nSPS) is 16.6. The van der Waals surface area contributed by atoms with Gasteiger partial charge in [-0.25, -0.2) is 9.78 Å². The van der Waals surface area contributed by atoms with Crippen LogP contribution in [0, 0.1) is 0 Å². The van der Waals surface area contributed by atoms with Gasteiger partial charge in [0.25, 0.3) is 0 Å². The van der Waals surface area contributed by atoms with E-state index in [9.17, 15) is 26.4 Å². The van der Waals surface area contributed by atoms with Crippen molar-refractivity contribution in [2.75, 3.05) is 0 Å². The van der Waals surface area contributed by atoms with Crippen molar-refractivity contribution in [2.24, 2.45) is 0 Å². The van der Waals surface area contributed by atoms with Crippen LogP contribution in [0.15, 0.2) is 42.5 Å². The molecule has 3 rings (SSSR count). The number of benzene rings is 1. The number of nitrogens with zero attached hydrogens (tertiary/aromatic N) is 1. The van der Waals surface area contributed by atoms with Gasteiger partial charge in [-0.1, -0.05) is 36.4 Å². The van der Waals surface area contributed by atoms with Crippen LogP contribution in [0.25, 0.3) is 0 Å². The summed E-state index contributed by atoms with van der Waals surface area (Å²) in [5, 5.41) is 2.74. The van der Waals surface area contributed by atoms with Gasteiger partial charge in [0.1, 0.15) is 6.61 Å². The van der Waals surface area contributed by atoms with Crippen molar-refractivity contribution in [1.29, 1.82) is 0 Å². The zero-order chi connectivity index (χ0) is 21.1. The topological polar surface area (TPSA) is 94.6 Å². The molecule has 1 atom stereocenters. The summed E-state index contributed by atoms with van der Waals surface area (Å²) in [4.78, 5) is 15.8. The van der Waals surface area contributed by atoms with E-state index in [0.29, 0.717) is 30.5 Å². The van der Waals surface area contributed by atoms with Crippen molar-refractivity contribution in [3.8, 4) is 5.88 Å². The molecule has 1 unspecified atom stereocenters. The third-order valence-corrected chi connectivity index (χ3v) is 5.21. The first-order valence-corrected chi connectivity index (χ1v) is 10.0. The third kappa shape index (κ3) is 5.37. The lowest BCUT2D eigenvalue weighted by molar-refractivity contribution is -0.0501. The first-order chi connectivity index (χ1) is 13.6. The number of fused-ring (bicyclic) bond motifs is 1. The molecule has 1 aliphatic rings. The molecule has 0 fully saturated rings. The molecule has 156 valence electrons. The summed E-state index contributed by atoms with van der Waals surface area (Å²) in [6, 6.07) is 11.4. The molecule has 0 saturated heterocycles. The van der Waals surface area contributed by atoms with E-state index in [1.54, 1.807) is 0 Å². The number of hydrogen-bond acceptors (Lipinski definition) is 6. The van der Waals surface area contributed by atoms with Crippen LogP contribution in [-0.4, -0.2) is 31.0 Å². The molecule has 1 aromatic carbocycles. The van der Waals surface area contributed by atoms with Crippen LogP contribution in [0.2, 0.25) is 0 Å². The molecule has 1 aliphatic carbocycles. The second-order valence-corrected chi connectivity index (χ2v) is 7.92. The maximum atomic E-state index is 12.4. The molecule has 0 bridgehead atoms. The number of nitrogens with one attached hydrogen (secondary N) is 1. The number of rotatable bonds is 5. The van der Waals surface area contributed by atoms with E-state index >= 15 is 0 Å². The summed E-state index contributed by atoms with van der Waals surface area (Å²) >= 11 is 0. The summed E-state index contributed by atoms with van der Waals surface area (Å²) in [5.41, 5.74) is -3.57. The van der Waals surface area contributed by atoms with E-state index in [1.165, 1.54) is 6.07 Å². The summed E-state index contributed by atoms with van der Waals surface area (Å²) in [7, 11) is -5.77. The van der Waals surface area contributed by atoms with Crippen molar-refractivity contribution < 1.29 is 35.3 Å². The first-order valence-electron chi connectivity index (χ1n) is 8.61. The van der Waals surface area contributed by atoms with Gasteiger partial charge in [-0.15, -0.1) is 0 Å². The Morgan fingerprint density at radius 2 is 1.90 bits per heavy atom. The quantitative estimate of drug-likeness (QED) is 0.579. The largest absolute Gasteiger partial charge is 0.534 e. The van der Waals surface area contributed by atoms with Crippen LogP contribution in [0.3, 0.4) is 0 Å². The Labute approximate surface area is 165 Å². The van der Waals surface area contributed by atoms with Gasteiger partial charge in [-0.05, 0) is 30.4 Å². The second kappa shape index (κ2) is 8.27. The number of alkyl carbamates (subject to hydrolysis) is 1. The van der Waals surface area contributed by atoms with Crippen molar-refractivity contribution >= 4 is 16.2 Å². The minimum absolute atomic E-state index is 0.131. The molecule has 1 N–H and O–H groups in total. The van der Waals surface area contributed by atoms with Gasteiger partial charge in [0.15, 0.2) is 0 Å². The SMILES string of the molecule is O=C(NC1CCc2nc(OS(=O)(=O)C(F)(F)F)ccc2C1)OCc1ccccc1.